The van der Waals surface area contributed by atoms with Gasteiger partial charge in [-0.3, -0.25) is 15.1 Å². The number of rotatable bonds is 2. The summed E-state index contributed by atoms with van der Waals surface area (Å²) >= 11 is 0. The highest BCUT2D eigenvalue weighted by molar-refractivity contribution is 5.98. The monoisotopic (exact) mass is 289 g/mol. The molecule has 0 radical (unpaired) electrons. The van der Waals surface area contributed by atoms with Crippen molar-refractivity contribution in [2.45, 2.75) is 12.8 Å². The van der Waals surface area contributed by atoms with Crippen LogP contribution in [0, 0.1) is 5.82 Å². The van der Waals surface area contributed by atoms with Crippen molar-refractivity contribution in [2.24, 2.45) is 0 Å². The van der Waals surface area contributed by atoms with Crippen LogP contribution in [0.25, 0.3) is 10.8 Å². The molecule has 0 saturated carbocycles. The van der Waals surface area contributed by atoms with E-state index >= 15 is 0 Å². The number of benzene rings is 2. The van der Waals surface area contributed by atoms with Gasteiger partial charge in [0.15, 0.2) is 0 Å². The number of aliphatic hydroxyl groups is 1. The Morgan fingerprint density at radius 2 is 1.86 bits per heavy atom. The molecule has 2 aromatic rings. The molecule has 108 valence electrons. The quantitative estimate of drug-likeness (QED) is 0.765. The molecule has 3 amide bonds. The van der Waals surface area contributed by atoms with Crippen molar-refractivity contribution in [1.29, 1.82) is 0 Å². The molecule has 7 heteroatoms. The molecular weight excluding hydrogens is 277 g/mol. The van der Waals surface area contributed by atoms with Crippen molar-refractivity contribution < 1.29 is 19.1 Å². The molecule has 0 spiro atoms. The van der Waals surface area contributed by atoms with Crippen molar-refractivity contribution in [3.05, 3.63) is 47.8 Å². The number of carbonyl (C=O) groups is 2. The third kappa shape index (κ3) is 2.44. The lowest BCUT2D eigenvalue weighted by Crippen LogP contribution is -2.63. The molecule has 1 heterocycles. The van der Waals surface area contributed by atoms with Gasteiger partial charge >= 0.3 is 6.03 Å². The molecule has 0 aliphatic carbocycles. The number of amides is 3. The van der Waals surface area contributed by atoms with Gasteiger partial charge in [0.05, 0.1) is 6.54 Å². The zero-order valence-corrected chi connectivity index (χ0v) is 10.8. The van der Waals surface area contributed by atoms with E-state index < -0.39 is 18.2 Å². The van der Waals surface area contributed by atoms with Crippen LogP contribution >= 0.6 is 0 Å². The smallest absolute Gasteiger partial charge is 0.338 e. The molecule has 21 heavy (non-hydrogen) atoms. The summed E-state index contributed by atoms with van der Waals surface area (Å²) in [4.78, 5) is 22.8. The Morgan fingerprint density at radius 3 is 2.62 bits per heavy atom. The first-order valence-corrected chi connectivity index (χ1v) is 6.29. The Morgan fingerprint density at radius 1 is 1.14 bits per heavy atom. The van der Waals surface area contributed by atoms with Crippen LogP contribution in [0.5, 0.6) is 0 Å². The van der Waals surface area contributed by atoms with Gasteiger partial charge in [-0.15, -0.1) is 0 Å². The van der Waals surface area contributed by atoms with E-state index in [0.29, 0.717) is 16.3 Å². The fraction of sp³-hybridized carbons (Fsp3) is 0.143. The molecule has 0 aromatic heterocycles. The van der Waals surface area contributed by atoms with Gasteiger partial charge in [0, 0.05) is 5.39 Å². The number of hydrazine groups is 1. The Bertz CT molecular complexity index is 734. The van der Waals surface area contributed by atoms with Gasteiger partial charge in [0.2, 0.25) is 6.23 Å². The van der Waals surface area contributed by atoms with E-state index in [1.54, 1.807) is 30.3 Å². The number of urea groups is 1. The van der Waals surface area contributed by atoms with E-state index in [9.17, 15) is 19.1 Å². The Labute approximate surface area is 119 Å². The predicted molar refractivity (Wildman–Crippen MR) is 72.1 cm³/mol. The second-order valence-electron chi connectivity index (χ2n) is 4.66. The maximum Gasteiger partial charge on any atom is 0.338 e. The van der Waals surface area contributed by atoms with Gasteiger partial charge in [-0.25, -0.2) is 9.18 Å². The summed E-state index contributed by atoms with van der Waals surface area (Å²) in [5.74, 6) is -1.15. The second-order valence-corrected chi connectivity index (χ2v) is 4.66. The highest BCUT2D eigenvalue weighted by atomic mass is 19.1. The van der Waals surface area contributed by atoms with Gasteiger partial charge in [-0.1, -0.05) is 30.3 Å². The average Bonchev–Trinajstić information content (AvgIpc) is 2.48. The number of hydrogen-bond acceptors (Lipinski definition) is 4. The number of nitrogens with zero attached hydrogens (tertiary/aromatic N) is 1. The summed E-state index contributed by atoms with van der Waals surface area (Å²) in [5, 5.41) is 13.6. The van der Waals surface area contributed by atoms with E-state index in [4.69, 9.17) is 0 Å². The average molecular weight is 289 g/mol. The molecule has 3 rings (SSSR count). The first-order chi connectivity index (χ1) is 10.1. The summed E-state index contributed by atoms with van der Waals surface area (Å²) in [6.45, 7) is 0.0803. The zero-order chi connectivity index (χ0) is 15.0. The topological polar surface area (TPSA) is 81.7 Å². The van der Waals surface area contributed by atoms with E-state index in [1.807, 2.05) is 5.32 Å². The van der Waals surface area contributed by atoms with Crippen molar-refractivity contribution in [1.82, 2.24) is 15.8 Å². The minimum Gasteiger partial charge on any atom is -0.369 e. The minimum atomic E-state index is -1.49. The third-order valence-corrected chi connectivity index (χ3v) is 3.29. The number of nitrogens with one attached hydrogen (secondary N) is 2. The van der Waals surface area contributed by atoms with Crippen LogP contribution in [0.3, 0.4) is 0 Å². The first kappa shape index (κ1) is 13.5. The van der Waals surface area contributed by atoms with Crippen molar-refractivity contribution in [3.8, 4) is 0 Å². The Hall–Kier alpha value is -2.51. The van der Waals surface area contributed by atoms with Crippen LogP contribution < -0.4 is 10.7 Å². The van der Waals surface area contributed by atoms with Crippen LogP contribution in [0.1, 0.15) is 5.56 Å². The van der Waals surface area contributed by atoms with Crippen LogP contribution in [-0.4, -0.2) is 28.3 Å². The molecule has 1 aliphatic heterocycles. The molecule has 0 bridgehead atoms. The van der Waals surface area contributed by atoms with Crippen LogP contribution in [0.2, 0.25) is 0 Å². The third-order valence-electron chi connectivity index (χ3n) is 3.29. The molecule has 3 N–H and O–H groups in total. The van der Waals surface area contributed by atoms with Gasteiger partial charge in [0.1, 0.15) is 5.82 Å². The van der Waals surface area contributed by atoms with E-state index in [0.717, 1.165) is 5.01 Å². The lowest BCUT2D eigenvalue weighted by Gasteiger charge is -2.30. The summed E-state index contributed by atoms with van der Waals surface area (Å²) in [6.07, 6.45) is -1.49. The number of imide groups is 1. The lowest BCUT2D eigenvalue weighted by molar-refractivity contribution is -0.135. The fourth-order valence-electron chi connectivity index (χ4n) is 2.26. The van der Waals surface area contributed by atoms with Crippen molar-refractivity contribution >= 4 is 22.7 Å². The molecule has 6 nitrogen and oxygen atoms in total. The van der Waals surface area contributed by atoms with Gasteiger partial charge in [0.25, 0.3) is 5.91 Å². The molecule has 1 atom stereocenters. The summed E-state index contributed by atoms with van der Waals surface area (Å²) in [5.41, 5.74) is 3.07. The van der Waals surface area contributed by atoms with Gasteiger partial charge < -0.3 is 5.11 Å². The number of hydrogen-bond donors (Lipinski definition) is 3. The van der Waals surface area contributed by atoms with E-state index in [1.165, 1.54) is 6.07 Å². The number of carbonyl (C=O) groups excluding carboxylic acids is 2. The minimum absolute atomic E-state index is 0.0803. The van der Waals surface area contributed by atoms with Gasteiger partial charge in [-0.05, 0) is 17.0 Å². The van der Waals surface area contributed by atoms with Crippen LogP contribution in [0.4, 0.5) is 9.18 Å². The largest absolute Gasteiger partial charge is 0.369 e. The zero-order valence-electron chi connectivity index (χ0n) is 10.8. The summed E-state index contributed by atoms with van der Waals surface area (Å²) in [7, 11) is 0. The van der Waals surface area contributed by atoms with Crippen LogP contribution in [0.15, 0.2) is 36.4 Å². The predicted octanol–water partition coefficient (Wildman–Crippen LogP) is 0.854. The summed E-state index contributed by atoms with van der Waals surface area (Å²) < 4.78 is 13.7. The SMILES string of the molecule is O=C1NC(=O)N(Cc2ccc(F)c3ccccc23)NC1O. The molecule has 1 unspecified atom stereocenters. The molecule has 1 aliphatic rings. The number of fused-ring (bicyclic) bond motifs is 1. The maximum atomic E-state index is 13.7. The number of halogens is 1. The highest BCUT2D eigenvalue weighted by Crippen LogP contribution is 2.23. The first-order valence-electron chi connectivity index (χ1n) is 6.29. The summed E-state index contributed by atoms with van der Waals surface area (Å²) in [6, 6.07) is 9.11. The second kappa shape index (κ2) is 5.12. The normalized spacial score (nSPS) is 19.0. The number of aliphatic hydroxyl groups excluding tert-OH is 1. The van der Waals surface area contributed by atoms with E-state index in [2.05, 4.69) is 5.43 Å². The van der Waals surface area contributed by atoms with Gasteiger partial charge in [-0.2, -0.15) is 5.43 Å². The fourth-order valence-corrected chi connectivity index (χ4v) is 2.26. The molecular formula is C14H12FN3O3. The highest BCUT2D eigenvalue weighted by Gasteiger charge is 2.30. The van der Waals surface area contributed by atoms with E-state index in [-0.39, 0.29) is 12.4 Å². The van der Waals surface area contributed by atoms with Crippen LogP contribution in [-0.2, 0) is 11.3 Å². The Balaban J connectivity index is 1.94. The Kier molecular flexibility index (Phi) is 3.28. The molecule has 1 saturated heterocycles. The maximum absolute atomic E-state index is 13.7. The molecule has 1 fully saturated rings. The van der Waals surface area contributed by atoms with Crippen molar-refractivity contribution in [2.75, 3.05) is 0 Å². The van der Waals surface area contributed by atoms with Crippen molar-refractivity contribution in [3.63, 3.8) is 0 Å². The molecule has 2 aromatic carbocycles. The standard InChI is InChI=1S/C14H12FN3O3/c15-11-6-5-8(9-3-1-2-4-10(9)11)7-18-14(21)16-12(19)13(20)17-18/h1-6,13,17,20H,7H2,(H,16,19,21). The lowest BCUT2D eigenvalue weighted by atomic mass is 10.0.